The van der Waals surface area contributed by atoms with Crippen molar-refractivity contribution in [2.75, 3.05) is 30.5 Å². The summed E-state index contributed by atoms with van der Waals surface area (Å²) in [6, 6.07) is 22.9. The Bertz CT molecular complexity index is 1460. The van der Waals surface area contributed by atoms with Crippen LogP contribution >= 0.6 is 23.8 Å². The quantitative estimate of drug-likeness (QED) is 0.254. The Hall–Kier alpha value is -3.92. The summed E-state index contributed by atoms with van der Waals surface area (Å²) in [5.74, 6) is 0.533. The number of rotatable bonds is 9. The lowest BCUT2D eigenvalue weighted by molar-refractivity contribution is -0.119. The lowest BCUT2D eigenvalue weighted by atomic mass is 10.0. The molecule has 2 aromatic heterocycles. The maximum atomic E-state index is 12.0. The molecule has 200 valence electrons. The first-order valence-electron chi connectivity index (χ1n) is 12.5. The zero-order valence-corrected chi connectivity index (χ0v) is 23.1. The van der Waals surface area contributed by atoms with Crippen molar-refractivity contribution in [3.05, 3.63) is 102 Å². The maximum absolute atomic E-state index is 12.0. The lowest BCUT2D eigenvalue weighted by Gasteiger charge is -2.29. The van der Waals surface area contributed by atoms with Crippen LogP contribution in [0.25, 0.3) is 5.69 Å². The van der Waals surface area contributed by atoms with Crippen molar-refractivity contribution in [3.8, 4) is 11.4 Å². The van der Waals surface area contributed by atoms with Gasteiger partial charge < -0.3 is 29.6 Å². The molecule has 1 aliphatic heterocycles. The number of carbonyl (C=O) groups excluding carboxylic acids is 1. The summed E-state index contributed by atoms with van der Waals surface area (Å²) in [6.45, 7) is 2.51. The maximum Gasteiger partial charge on any atom is 0.250 e. The van der Waals surface area contributed by atoms with Crippen molar-refractivity contribution in [2.45, 2.75) is 19.0 Å². The van der Waals surface area contributed by atoms with Crippen LogP contribution in [0.5, 0.6) is 5.75 Å². The van der Waals surface area contributed by atoms with E-state index in [0.717, 1.165) is 28.5 Å². The summed E-state index contributed by atoms with van der Waals surface area (Å²) in [6.07, 6.45) is 3.81. The number of hydrogen-bond acceptors (Lipinski definition) is 5. The zero-order chi connectivity index (χ0) is 27.4. The van der Waals surface area contributed by atoms with Crippen LogP contribution in [0.1, 0.15) is 30.4 Å². The van der Waals surface area contributed by atoms with E-state index in [4.69, 9.17) is 33.3 Å². The second kappa shape index (κ2) is 11.9. The molecular formula is C29H28ClN5O3S. The molecule has 0 saturated carbocycles. The number of halogens is 1. The molecule has 0 unspecified atom stereocenters. The van der Waals surface area contributed by atoms with E-state index in [1.54, 1.807) is 18.3 Å². The predicted molar refractivity (Wildman–Crippen MR) is 157 cm³/mol. The van der Waals surface area contributed by atoms with Crippen molar-refractivity contribution < 1.29 is 14.3 Å². The first kappa shape index (κ1) is 26.7. The normalized spacial score (nSPS) is 16.7. The number of ether oxygens (including phenoxy) is 2. The van der Waals surface area contributed by atoms with Gasteiger partial charge in [0.1, 0.15) is 18.4 Å². The summed E-state index contributed by atoms with van der Waals surface area (Å²) in [7, 11) is 1.47. The Morgan fingerprint density at radius 2 is 1.90 bits per heavy atom. The fourth-order valence-electron chi connectivity index (χ4n) is 4.75. The zero-order valence-electron chi connectivity index (χ0n) is 21.5. The number of carbonyl (C=O) groups is 1. The molecule has 2 atom stereocenters. The first-order valence-corrected chi connectivity index (χ1v) is 13.3. The van der Waals surface area contributed by atoms with Gasteiger partial charge in [-0.3, -0.25) is 9.78 Å². The van der Waals surface area contributed by atoms with E-state index in [2.05, 4.69) is 26.3 Å². The van der Waals surface area contributed by atoms with Crippen LogP contribution in [0, 0.1) is 0 Å². The van der Waals surface area contributed by atoms with E-state index in [-0.39, 0.29) is 24.6 Å². The van der Waals surface area contributed by atoms with Gasteiger partial charge in [0.15, 0.2) is 5.11 Å². The number of anilines is 2. The van der Waals surface area contributed by atoms with Gasteiger partial charge in [0.2, 0.25) is 5.91 Å². The minimum atomic E-state index is -0.285. The molecule has 0 radical (unpaired) electrons. The topological polar surface area (TPSA) is 80.7 Å². The Kier molecular flexibility index (Phi) is 8.11. The van der Waals surface area contributed by atoms with Gasteiger partial charge in [-0.25, -0.2) is 0 Å². The fourth-order valence-corrected chi connectivity index (χ4v) is 5.31. The molecule has 4 aromatic rings. The molecule has 1 fully saturated rings. The Labute approximate surface area is 237 Å². The van der Waals surface area contributed by atoms with Gasteiger partial charge in [-0.05, 0) is 85.9 Å². The van der Waals surface area contributed by atoms with Crippen LogP contribution in [-0.2, 0) is 9.53 Å². The molecule has 2 N–H and O–H groups in total. The van der Waals surface area contributed by atoms with Crippen LogP contribution in [0.2, 0.25) is 5.02 Å². The lowest BCUT2D eigenvalue weighted by Crippen LogP contribution is -2.30. The smallest absolute Gasteiger partial charge is 0.250 e. The number of benzene rings is 2. The minimum Gasteiger partial charge on any atom is -0.494 e. The molecule has 39 heavy (non-hydrogen) atoms. The molecule has 3 heterocycles. The summed E-state index contributed by atoms with van der Waals surface area (Å²) < 4.78 is 12.7. The molecule has 1 aliphatic rings. The average Bonchev–Trinajstić information content (AvgIpc) is 3.55. The van der Waals surface area contributed by atoms with Crippen molar-refractivity contribution in [3.63, 3.8) is 0 Å². The molecular weight excluding hydrogens is 534 g/mol. The van der Waals surface area contributed by atoms with E-state index in [9.17, 15) is 4.79 Å². The van der Waals surface area contributed by atoms with E-state index >= 15 is 0 Å². The number of aromatic nitrogens is 2. The molecule has 0 spiro atoms. The molecule has 0 aliphatic carbocycles. The van der Waals surface area contributed by atoms with Crippen molar-refractivity contribution in [1.29, 1.82) is 0 Å². The van der Waals surface area contributed by atoms with Gasteiger partial charge in [0.25, 0.3) is 0 Å². The van der Waals surface area contributed by atoms with Gasteiger partial charge in [-0.15, -0.1) is 0 Å². The largest absolute Gasteiger partial charge is 0.494 e. The number of amides is 1. The van der Waals surface area contributed by atoms with Crippen molar-refractivity contribution >= 4 is 46.2 Å². The summed E-state index contributed by atoms with van der Waals surface area (Å²) in [5.41, 5.74) is 4.14. The highest BCUT2D eigenvalue weighted by Gasteiger charge is 2.42. The SMILES string of the molecule is CCOc1ccc(-n2cccc2[C@H]2[C@@H](c3ccccn3)NC(=S)N2c2ccc(NC(=O)COC)c(Cl)c2)cc1. The van der Waals surface area contributed by atoms with Crippen molar-refractivity contribution in [2.24, 2.45) is 0 Å². The average molecular weight is 562 g/mol. The van der Waals surface area contributed by atoms with Gasteiger partial charge in [0.05, 0.1) is 29.1 Å². The van der Waals surface area contributed by atoms with Crippen molar-refractivity contribution in [1.82, 2.24) is 14.9 Å². The predicted octanol–water partition coefficient (Wildman–Crippen LogP) is 5.69. The van der Waals surface area contributed by atoms with Crippen LogP contribution in [0.3, 0.4) is 0 Å². The minimum absolute atomic E-state index is 0.0609. The first-order chi connectivity index (χ1) is 19.0. The highest BCUT2D eigenvalue weighted by atomic mass is 35.5. The number of pyridine rings is 1. The van der Waals surface area contributed by atoms with E-state index in [1.165, 1.54) is 7.11 Å². The van der Waals surface area contributed by atoms with Gasteiger partial charge in [-0.1, -0.05) is 17.7 Å². The molecule has 8 nitrogen and oxygen atoms in total. The summed E-state index contributed by atoms with van der Waals surface area (Å²) in [4.78, 5) is 18.7. The molecule has 1 amide bonds. The van der Waals surface area contributed by atoms with Gasteiger partial charge >= 0.3 is 0 Å². The standard InChI is InChI=1S/C29H28ClN5O3S/c1-3-38-21-12-9-19(10-13-21)34-16-6-8-25(34)28-27(24-7-4-5-15-31-24)33-29(39)35(28)20-11-14-23(22(30)17-20)32-26(36)18-37-2/h4-17,27-28H,3,18H2,1-2H3,(H,32,36)(H,33,39)/t27-,28+/m1/s1. The molecule has 10 heteroatoms. The van der Waals surface area contributed by atoms with Crippen LogP contribution in [0.15, 0.2) is 85.2 Å². The van der Waals surface area contributed by atoms with E-state index in [0.29, 0.717) is 22.4 Å². The number of nitrogens with zero attached hydrogens (tertiary/aromatic N) is 3. The fraction of sp³-hybridized carbons (Fsp3) is 0.207. The third-order valence-corrected chi connectivity index (χ3v) is 7.01. The molecule has 1 saturated heterocycles. The highest BCUT2D eigenvalue weighted by Crippen LogP contribution is 2.43. The third-order valence-electron chi connectivity index (χ3n) is 6.39. The molecule has 2 aromatic carbocycles. The number of thiocarbonyl (C=S) groups is 1. The van der Waals surface area contributed by atoms with E-state index < -0.39 is 0 Å². The van der Waals surface area contributed by atoms with Gasteiger partial charge in [-0.2, -0.15) is 0 Å². The molecule has 5 rings (SSSR count). The number of nitrogens with one attached hydrogen (secondary N) is 2. The highest BCUT2D eigenvalue weighted by molar-refractivity contribution is 7.80. The van der Waals surface area contributed by atoms with Crippen LogP contribution < -0.4 is 20.3 Å². The summed E-state index contributed by atoms with van der Waals surface area (Å²) in [5, 5.41) is 7.18. The second-order valence-electron chi connectivity index (χ2n) is 8.87. The number of hydrogen-bond donors (Lipinski definition) is 2. The van der Waals surface area contributed by atoms with Crippen LogP contribution in [0.4, 0.5) is 11.4 Å². The Morgan fingerprint density at radius 3 is 2.59 bits per heavy atom. The Morgan fingerprint density at radius 1 is 1.10 bits per heavy atom. The Balaban J connectivity index is 1.56. The third kappa shape index (κ3) is 5.61. The van der Waals surface area contributed by atoms with Gasteiger partial charge in [0, 0.05) is 36.6 Å². The summed E-state index contributed by atoms with van der Waals surface area (Å²) >= 11 is 12.5. The second-order valence-corrected chi connectivity index (χ2v) is 9.67. The van der Waals surface area contributed by atoms with Crippen LogP contribution in [-0.4, -0.2) is 40.9 Å². The monoisotopic (exact) mass is 561 g/mol. The van der Waals surface area contributed by atoms with E-state index in [1.807, 2.05) is 72.6 Å². The number of methoxy groups -OCH3 is 1. The molecule has 0 bridgehead atoms.